The lowest BCUT2D eigenvalue weighted by atomic mass is 10.1. The zero-order chi connectivity index (χ0) is 18.7. The molecule has 0 unspecified atom stereocenters. The van der Waals surface area contributed by atoms with Crippen LogP contribution in [-0.2, 0) is 0 Å². The third kappa shape index (κ3) is 3.99. The van der Waals surface area contributed by atoms with E-state index in [9.17, 15) is 9.59 Å². The Balaban J connectivity index is 1.80. The molecule has 142 valence electrons. The minimum Gasteiger partial charge on any atom is -0.496 e. The molecule has 2 aliphatic rings. The Morgan fingerprint density at radius 3 is 1.81 bits per heavy atom. The normalized spacial score (nSPS) is 19.5. The number of hydrogen-bond acceptors (Lipinski definition) is 5. The summed E-state index contributed by atoms with van der Waals surface area (Å²) in [7, 11) is 5.66. The van der Waals surface area contributed by atoms with Crippen LogP contribution in [0.25, 0.3) is 0 Å². The number of carbonyl (C=O) groups is 2. The Morgan fingerprint density at radius 1 is 0.808 bits per heavy atom. The van der Waals surface area contributed by atoms with Gasteiger partial charge in [-0.15, -0.1) is 0 Å². The molecule has 7 heteroatoms. The van der Waals surface area contributed by atoms with Crippen molar-refractivity contribution in [1.29, 1.82) is 0 Å². The van der Waals surface area contributed by atoms with E-state index < -0.39 is 0 Å². The minimum absolute atomic E-state index is 0.0202. The molecule has 2 saturated heterocycles. The number of piperazine rings is 2. The quantitative estimate of drug-likeness (QED) is 0.784. The third-order valence-corrected chi connectivity index (χ3v) is 5.26. The summed E-state index contributed by atoms with van der Waals surface area (Å²) in [6.07, 6.45) is 0. The predicted octanol–water partition coefficient (Wildman–Crippen LogP) is 0.470. The van der Waals surface area contributed by atoms with Crippen LogP contribution in [0.2, 0.25) is 0 Å². The Bertz CT molecular complexity index is 663. The van der Waals surface area contributed by atoms with Crippen LogP contribution in [0.1, 0.15) is 20.7 Å². The standard InChI is InChI=1S/C19H28N4O3/c1-20-6-10-22(11-7-20)18(24)15-4-5-17(26-3)16(14-15)19(25)23-12-8-21(2)9-13-23/h4-5,14H,6-13H2,1-3H3. The van der Waals surface area contributed by atoms with Gasteiger partial charge in [0.2, 0.25) is 0 Å². The van der Waals surface area contributed by atoms with Gasteiger partial charge in [0.15, 0.2) is 0 Å². The van der Waals surface area contributed by atoms with E-state index in [2.05, 4.69) is 23.9 Å². The van der Waals surface area contributed by atoms with Crippen molar-refractivity contribution in [3.63, 3.8) is 0 Å². The van der Waals surface area contributed by atoms with Crippen molar-refractivity contribution in [2.45, 2.75) is 0 Å². The molecule has 0 radical (unpaired) electrons. The molecule has 1 aromatic rings. The molecule has 0 N–H and O–H groups in total. The molecular weight excluding hydrogens is 332 g/mol. The zero-order valence-corrected chi connectivity index (χ0v) is 15.9. The molecule has 2 aliphatic heterocycles. The highest BCUT2D eigenvalue weighted by molar-refractivity contribution is 6.01. The van der Waals surface area contributed by atoms with Crippen molar-refractivity contribution in [1.82, 2.24) is 19.6 Å². The maximum atomic E-state index is 13.0. The van der Waals surface area contributed by atoms with Crippen LogP contribution >= 0.6 is 0 Å². The molecule has 7 nitrogen and oxygen atoms in total. The van der Waals surface area contributed by atoms with Gasteiger partial charge in [0.05, 0.1) is 12.7 Å². The average molecular weight is 360 g/mol. The van der Waals surface area contributed by atoms with E-state index in [4.69, 9.17) is 4.74 Å². The van der Waals surface area contributed by atoms with Crippen LogP contribution in [0.3, 0.4) is 0 Å². The van der Waals surface area contributed by atoms with Crippen LogP contribution in [-0.4, -0.2) is 105 Å². The summed E-state index contributed by atoms with van der Waals surface area (Å²) in [5.41, 5.74) is 1.02. The van der Waals surface area contributed by atoms with Crippen molar-refractivity contribution in [2.24, 2.45) is 0 Å². The van der Waals surface area contributed by atoms with E-state index in [1.807, 2.05) is 9.80 Å². The molecule has 2 fully saturated rings. The van der Waals surface area contributed by atoms with Gasteiger partial charge in [-0.1, -0.05) is 0 Å². The van der Waals surface area contributed by atoms with Gasteiger partial charge in [-0.3, -0.25) is 9.59 Å². The lowest BCUT2D eigenvalue weighted by Gasteiger charge is -2.33. The second kappa shape index (κ2) is 8.05. The molecule has 3 rings (SSSR count). The Labute approximate surface area is 155 Å². The van der Waals surface area contributed by atoms with Gasteiger partial charge in [0, 0.05) is 57.9 Å². The van der Waals surface area contributed by atoms with Gasteiger partial charge >= 0.3 is 0 Å². The summed E-state index contributed by atoms with van der Waals surface area (Å²) < 4.78 is 5.38. The summed E-state index contributed by atoms with van der Waals surface area (Å²) in [4.78, 5) is 33.9. The van der Waals surface area contributed by atoms with Crippen LogP contribution in [0, 0.1) is 0 Å². The monoisotopic (exact) mass is 360 g/mol. The van der Waals surface area contributed by atoms with Crippen molar-refractivity contribution < 1.29 is 14.3 Å². The Hall–Kier alpha value is -2.12. The fourth-order valence-corrected chi connectivity index (χ4v) is 3.38. The minimum atomic E-state index is -0.0667. The summed E-state index contributed by atoms with van der Waals surface area (Å²) in [5, 5.41) is 0. The molecule has 2 heterocycles. The van der Waals surface area contributed by atoms with E-state index >= 15 is 0 Å². The number of rotatable bonds is 3. The van der Waals surface area contributed by atoms with Gasteiger partial charge < -0.3 is 24.3 Å². The number of carbonyl (C=O) groups excluding carboxylic acids is 2. The molecule has 2 amide bonds. The average Bonchev–Trinajstić information content (AvgIpc) is 2.67. The van der Waals surface area contributed by atoms with Crippen molar-refractivity contribution in [3.8, 4) is 5.75 Å². The topological polar surface area (TPSA) is 56.3 Å². The van der Waals surface area contributed by atoms with Crippen molar-refractivity contribution in [2.75, 3.05) is 73.6 Å². The zero-order valence-electron chi connectivity index (χ0n) is 15.9. The molecule has 26 heavy (non-hydrogen) atoms. The summed E-state index contributed by atoms with van der Waals surface area (Å²) in [6.45, 7) is 6.25. The first-order valence-electron chi connectivity index (χ1n) is 9.13. The second-order valence-corrected chi connectivity index (χ2v) is 7.11. The molecule has 0 spiro atoms. The lowest BCUT2D eigenvalue weighted by molar-refractivity contribution is 0.0659. The van der Waals surface area contributed by atoms with Gasteiger partial charge in [-0.2, -0.15) is 0 Å². The first-order chi connectivity index (χ1) is 12.5. The molecule has 0 saturated carbocycles. The van der Waals surface area contributed by atoms with E-state index in [0.717, 1.165) is 26.2 Å². The SMILES string of the molecule is COc1ccc(C(=O)N2CCN(C)CC2)cc1C(=O)N1CCN(C)CC1. The maximum Gasteiger partial charge on any atom is 0.257 e. The van der Waals surface area contributed by atoms with E-state index in [-0.39, 0.29) is 11.8 Å². The van der Waals surface area contributed by atoms with Gasteiger partial charge in [-0.05, 0) is 32.3 Å². The smallest absolute Gasteiger partial charge is 0.257 e. The van der Waals surface area contributed by atoms with Crippen molar-refractivity contribution >= 4 is 11.8 Å². The first-order valence-corrected chi connectivity index (χ1v) is 9.13. The van der Waals surface area contributed by atoms with Crippen LogP contribution in [0.15, 0.2) is 18.2 Å². The van der Waals surface area contributed by atoms with Gasteiger partial charge in [-0.25, -0.2) is 0 Å². The fraction of sp³-hybridized carbons (Fsp3) is 0.579. The highest BCUT2D eigenvalue weighted by atomic mass is 16.5. The molecule has 0 aliphatic carbocycles. The number of amides is 2. The second-order valence-electron chi connectivity index (χ2n) is 7.11. The van der Waals surface area contributed by atoms with Crippen LogP contribution in [0.5, 0.6) is 5.75 Å². The highest BCUT2D eigenvalue weighted by Crippen LogP contribution is 2.23. The fourth-order valence-electron chi connectivity index (χ4n) is 3.38. The summed E-state index contributed by atoms with van der Waals surface area (Å²) in [6, 6.07) is 5.17. The lowest BCUT2D eigenvalue weighted by Crippen LogP contribution is -2.47. The largest absolute Gasteiger partial charge is 0.496 e. The van der Waals surface area contributed by atoms with Gasteiger partial charge in [0.25, 0.3) is 11.8 Å². The summed E-state index contributed by atoms with van der Waals surface area (Å²) in [5.74, 6) is 0.431. The number of ether oxygens (including phenoxy) is 1. The molecule has 0 bridgehead atoms. The van der Waals surface area contributed by atoms with E-state index in [1.54, 1.807) is 25.3 Å². The molecule has 1 aromatic carbocycles. The number of nitrogens with zero attached hydrogens (tertiary/aromatic N) is 4. The number of likely N-dealkylation sites (N-methyl/N-ethyl adjacent to an activating group) is 2. The third-order valence-electron chi connectivity index (χ3n) is 5.26. The van der Waals surface area contributed by atoms with E-state index in [0.29, 0.717) is 43.1 Å². The van der Waals surface area contributed by atoms with Crippen LogP contribution in [0.4, 0.5) is 0 Å². The maximum absolute atomic E-state index is 13.0. The Morgan fingerprint density at radius 2 is 1.31 bits per heavy atom. The molecular formula is C19H28N4O3. The first kappa shape index (κ1) is 18.7. The predicted molar refractivity (Wildman–Crippen MR) is 99.8 cm³/mol. The van der Waals surface area contributed by atoms with Crippen LogP contribution < -0.4 is 4.74 Å². The van der Waals surface area contributed by atoms with Crippen molar-refractivity contribution in [3.05, 3.63) is 29.3 Å². The Kier molecular flexibility index (Phi) is 5.78. The number of benzene rings is 1. The number of methoxy groups -OCH3 is 1. The molecule has 0 atom stereocenters. The van der Waals surface area contributed by atoms with E-state index in [1.165, 1.54) is 0 Å². The van der Waals surface area contributed by atoms with Gasteiger partial charge in [0.1, 0.15) is 5.75 Å². The molecule has 0 aromatic heterocycles. The highest BCUT2D eigenvalue weighted by Gasteiger charge is 2.26. The number of hydrogen-bond donors (Lipinski definition) is 0. The summed E-state index contributed by atoms with van der Waals surface area (Å²) >= 11 is 0.